The Morgan fingerprint density at radius 1 is 1.23 bits per heavy atom. The Bertz CT molecular complexity index is 633. The molecule has 0 unspecified atom stereocenters. The lowest BCUT2D eigenvalue weighted by molar-refractivity contribution is -0.128. The Labute approximate surface area is 157 Å². The first-order valence-electron chi connectivity index (χ1n) is 9.31. The van der Waals surface area contributed by atoms with Gasteiger partial charge in [0.25, 0.3) is 0 Å². The van der Waals surface area contributed by atoms with Crippen molar-refractivity contribution in [2.24, 2.45) is 10.4 Å². The van der Waals surface area contributed by atoms with Gasteiger partial charge in [-0.05, 0) is 26.3 Å². The third-order valence-electron chi connectivity index (χ3n) is 4.90. The number of guanidine groups is 1. The lowest BCUT2D eigenvalue weighted by atomic mass is 9.92. The molecule has 1 saturated heterocycles. The molecule has 1 fully saturated rings. The smallest absolute Gasteiger partial charge is 0.227 e. The van der Waals surface area contributed by atoms with Crippen LogP contribution in [0.5, 0.6) is 0 Å². The highest BCUT2D eigenvalue weighted by Crippen LogP contribution is 2.14. The SMILES string of the molecule is CN=C(NCC(C)(C)C(=O)NC)N1CCN(Cc2cccc(C)c2)CC1. The van der Waals surface area contributed by atoms with Crippen LogP contribution in [-0.2, 0) is 11.3 Å². The monoisotopic (exact) mass is 359 g/mol. The number of carbonyl (C=O) groups excluding carboxylic acids is 1. The van der Waals surface area contributed by atoms with Crippen LogP contribution in [0.1, 0.15) is 25.0 Å². The fourth-order valence-corrected chi connectivity index (χ4v) is 3.24. The lowest BCUT2D eigenvalue weighted by Crippen LogP contribution is -2.54. The van der Waals surface area contributed by atoms with E-state index < -0.39 is 5.41 Å². The minimum absolute atomic E-state index is 0.0310. The lowest BCUT2D eigenvalue weighted by Gasteiger charge is -2.37. The zero-order chi connectivity index (χ0) is 19.2. The van der Waals surface area contributed by atoms with Gasteiger partial charge in [-0.3, -0.25) is 14.7 Å². The van der Waals surface area contributed by atoms with Crippen LogP contribution in [0.25, 0.3) is 0 Å². The van der Waals surface area contributed by atoms with Crippen molar-refractivity contribution >= 4 is 11.9 Å². The van der Waals surface area contributed by atoms with Crippen molar-refractivity contribution in [3.8, 4) is 0 Å². The van der Waals surface area contributed by atoms with E-state index in [1.54, 1.807) is 14.1 Å². The predicted octanol–water partition coefficient (Wildman–Crippen LogP) is 1.46. The molecule has 1 heterocycles. The predicted molar refractivity (Wildman–Crippen MR) is 107 cm³/mol. The van der Waals surface area contributed by atoms with E-state index in [1.165, 1.54) is 11.1 Å². The topological polar surface area (TPSA) is 60.0 Å². The van der Waals surface area contributed by atoms with Gasteiger partial charge < -0.3 is 15.5 Å². The molecule has 6 nitrogen and oxygen atoms in total. The number of nitrogens with zero attached hydrogens (tertiary/aromatic N) is 3. The number of hydrogen-bond acceptors (Lipinski definition) is 3. The maximum atomic E-state index is 11.9. The molecule has 2 N–H and O–H groups in total. The molecule has 1 amide bonds. The van der Waals surface area contributed by atoms with Gasteiger partial charge in [0.1, 0.15) is 0 Å². The van der Waals surface area contributed by atoms with E-state index in [1.807, 2.05) is 13.8 Å². The van der Waals surface area contributed by atoms with Crippen LogP contribution < -0.4 is 10.6 Å². The minimum Gasteiger partial charge on any atom is -0.359 e. The van der Waals surface area contributed by atoms with Crippen molar-refractivity contribution in [3.63, 3.8) is 0 Å². The average molecular weight is 360 g/mol. The van der Waals surface area contributed by atoms with E-state index in [4.69, 9.17) is 0 Å². The third kappa shape index (κ3) is 5.46. The molecular formula is C20H33N5O. The maximum absolute atomic E-state index is 11.9. The summed E-state index contributed by atoms with van der Waals surface area (Å²) in [6.07, 6.45) is 0. The van der Waals surface area contributed by atoms with Crippen molar-refractivity contribution in [3.05, 3.63) is 35.4 Å². The van der Waals surface area contributed by atoms with Crippen molar-refractivity contribution in [1.82, 2.24) is 20.4 Å². The zero-order valence-corrected chi connectivity index (χ0v) is 16.8. The molecule has 6 heteroatoms. The van der Waals surface area contributed by atoms with Gasteiger partial charge in [-0.1, -0.05) is 29.8 Å². The van der Waals surface area contributed by atoms with Crippen molar-refractivity contribution < 1.29 is 4.79 Å². The summed E-state index contributed by atoms with van der Waals surface area (Å²) in [4.78, 5) is 21.1. The van der Waals surface area contributed by atoms with E-state index in [0.29, 0.717) is 6.54 Å². The molecule has 1 aromatic rings. The summed E-state index contributed by atoms with van der Waals surface area (Å²) >= 11 is 0. The van der Waals surface area contributed by atoms with Crippen LogP contribution in [0.2, 0.25) is 0 Å². The van der Waals surface area contributed by atoms with Gasteiger partial charge in [0.05, 0.1) is 5.41 Å². The second-order valence-electron chi connectivity index (χ2n) is 7.62. The van der Waals surface area contributed by atoms with Crippen LogP contribution in [0.3, 0.4) is 0 Å². The summed E-state index contributed by atoms with van der Waals surface area (Å²) in [5.41, 5.74) is 2.20. The number of piperazine rings is 1. The molecule has 26 heavy (non-hydrogen) atoms. The summed E-state index contributed by atoms with van der Waals surface area (Å²) in [6, 6.07) is 8.71. The number of rotatable bonds is 5. The number of benzene rings is 1. The molecule has 0 radical (unpaired) electrons. The highest BCUT2D eigenvalue weighted by atomic mass is 16.2. The van der Waals surface area contributed by atoms with Gasteiger partial charge in [0.15, 0.2) is 5.96 Å². The fraction of sp³-hybridized carbons (Fsp3) is 0.600. The van der Waals surface area contributed by atoms with Crippen LogP contribution in [0, 0.1) is 12.3 Å². The van der Waals surface area contributed by atoms with Crippen LogP contribution >= 0.6 is 0 Å². The third-order valence-corrected chi connectivity index (χ3v) is 4.90. The Morgan fingerprint density at radius 3 is 2.50 bits per heavy atom. The fourth-order valence-electron chi connectivity index (χ4n) is 3.24. The standard InChI is InChI=1S/C20H33N5O/c1-16-7-6-8-17(13-16)14-24-9-11-25(12-10-24)19(22-5)23-15-20(2,3)18(26)21-4/h6-8,13H,9-12,14-15H2,1-5H3,(H,21,26)(H,22,23). The van der Waals surface area contributed by atoms with Crippen LogP contribution in [0.4, 0.5) is 0 Å². The summed E-state index contributed by atoms with van der Waals surface area (Å²) in [5.74, 6) is 0.903. The summed E-state index contributed by atoms with van der Waals surface area (Å²) in [5, 5.41) is 6.08. The van der Waals surface area contributed by atoms with E-state index in [9.17, 15) is 4.79 Å². The Balaban J connectivity index is 1.84. The van der Waals surface area contributed by atoms with Gasteiger partial charge in [0, 0.05) is 53.4 Å². The van der Waals surface area contributed by atoms with Gasteiger partial charge in [0.2, 0.25) is 5.91 Å². The minimum atomic E-state index is -0.475. The van der Waals surface area contributed by atoms with Crippen molar-refractivity contribution in [2.75, 3.05) is 46.8 Å². The first-order chi connectivity index (χ1) is 12.4. The van der Waals surface area contributed by atoms with Crippen LogP contribution in [0.15, 0.2) is 29.3 Å². The van der Waals surface area contributed by atoms with Gasteiger partial charge in [-0.15, -0.1) is 0 Å². The van der Waals surface area contributed by atoms with Crippen LogP contribution in [-0.4, -0.2) is 68.5 Å². The van der Waals surface area contributed by atoms with E-state index in [-0.39, 0.29) is 5.91 Å². The molecule has 0 saturated carbocycles. The Morgan fingerprint density at radius 2 is 1.92 bits per heavy atom. The molecule has 1 aliphatic rings. The number of aliphatic imine (C=N–C) groups is 1. The molecule has 0 aliphatic carbocycles. The normalized spacial score (nSPS) is 16.5. The molecule has 144 valence electrons. The number of nitrogens with one attached hydrogen (secondary N) is 2. The van der Waals surface area contributed by atoms with Gasteiger partial charge in [-0.2, -0.15) is 0 Å². The molecule has 0 spiro atoms. The molecule has 2 rings (SSSR count). The van der Waals surface area contributed by atoms with Gasteiger partial charge >= 0.3 is 0 Å². The molecule has 1 aromatic carbocycles. The van der Waals surface area contributed by atoms with E-state index >= 15 is 0 Å². The molecule has 0 bridgehead atoms. The summed E-state index contributed by atoms with van der Waals surface area (Å²) in [6.45, 7) is 11.4. The largest absolute Gasteiger partial charge is 0.359 e. The average Bonchev–Trinajstić information content (AvgIpc) is 2.62. The Kier molecular flexibility index (Phi) is 7.03. The number of aryl methyl sites for hydroxylation is 1. The maximum Gasteiger partial charge on any atom is 0.227 e. The zero-order valence-electron chi connectivity index (χ0n) is 16.8. The molecule has 0 aromatic heterocycles. The first kappa shape index (κ1) is 20.2. The number of amides is 1. The second-order valence-corrected chi connectivity index (χ2v) is 7.62. The van der Waals surface area contributed by atoms with Crippen molar-refractivity contribution in [1.29, 1.82) is 0 Å². The first-order valence-corrected chi connectivity index (χ1v) is 9.31. The van der Waals surface area contributed by atoms with E-state index in [2.05, 4.69) is 56.6 Å². The molecular weight excluding hydrogens is 326 g/mol. The summed E-state index contributed by atoms with van der Waals surface area (Å²) < 4.78 is 0. The quantitative estimate of drug-likeness (QED) is 0.617. The molecule has 0 atom stereocenters. The van der Waals surface area contributed by atoms with Gasteiger partial charge in [-0.25, -0.2) is 0 Å². The van der Waals surface area contributed by atoms with E-state index in [0.717, 1.165) is 38.7 Å². The highest BCUT2D eigenvalue weighted by Gasteiger charge is 2.28. The second kappa shape index (κ2) is 9.03. The molecule has 1 aliphatic heterocycles. The summed E-state index contributed by atoms with van der Waals surface area (Å²) in [7, 11) is 3.47. The number of hydrogen-bond donors (Lipinski definition) is 2. The Hall–Kier alpha value is -2.08. The highest BCUT2D eigenvalue weighted by molar-refractivity contribution is 5.84. The van der Waals surface area contributed by atoms with Crippen molar-refractivity contribution in [2.45, 2.75) is 27.3 Å². The number of carbonyl (C=O) groups is 1.